The van der Waals surface area contributed by atoms with Gasteiger partial charge in [0.2, 0.25) is 5.91 Å². The maximum Gasteiger partial charge on any atom is 0.220 e. The van der Waals surface area contributed by atoms with Crippen LogP contribution in [0.5, 0.6) is 0 Å². The molecule has 1 amide bonds. The molecule has 0 unspecified atom stereocenters. The van der Waals surface area contributed by atoms with Gasteiger partial charge in [-0.25, -0.2) is 0 Å². The lowest BCUT2D eigenvalue weighted by molar-refractivity contribution is -0.123. The molecule has 0 aromatic heterocycles. The van der Waals surface area contributed by atoms with Crippen LogP contribution in [-0.2, 0) is 15.3 Å². The average molecular weight is 449 g/mol. The first kappa shape index (κ1) is 23.4. The van der Waals surface area contributed by atoms with Gasteiger partial charge < -0.3 is 15.1 Å². The van der Waals surface area contributed by atoms with Gasteiger partial charge in [-0.05, 0) is 24.6 Å². The third kappa shape index (κ3) is 5.51. The smallest absolute Gasteiger partial charge is 0.220 e. The van der Waals surface area contributed by atoms with Crippen LogP contribution < -0.4 is 15.1 Å². The number of aryl methyl sites for hydroxylation is 1. The molecule has 166 valence electrons. The lowest BCUT2D eigenvalue weighted by Crippen LogP contribution is -2.28. The molecule has 7 heteroatoms. The zero-order valence-corrected chi connectivity index (χ0v) is 19.5. The highest BCUT2D eigenvalue weighted by molar-refractivity contribution is 7.98. The van der Waals surface area contributed by atoms with Gasteiger partial charge in [-0.2, -0.15) is 17.0 Å². The predicted molar refractivity (Wildman–Crippen MR) is 130 cm³/mol. The Hall–Kier alpha value is -3.24. The maximum absolute atomic E-state index is 12.7. The summed E-state index contributed by atoms with van der Waals surface area (Å²) < 4.78 is 0. The van der Waals surface area contributed by atoms with Gasteiger partial charge in [-0.1, -0.05) is 42.0 Å². The molecule has 3 rings (SSSR count). The van der Waals surface area contributed by atoms with Gasteiger partial charge in [0.25, 0.3) is 0 Å². The van der Waals surface area contributed by atoms with Crippen LogP contribution in [0.25, 0.3) is 0 Å². The number of thioether (sulfide) groups is 1. The Labute approximate surface area is 193 Å². The molecule has 0 bridgehead atoms. The number of anilines is 2. The zero-order chi connectivity index (χ0) is 23.1. The third-order valence-corrected chi connectivity index (χ3v) is 6.42. The Balaban J connectivity index is 1.46. The summed E-state index contributed by atoms with van der Waals surface area (Å²) in [4.78, 5) is 28.6. The van der Waals surface area contributed by atoms with E-state index < -0.39 is 0 Å². The lowest BCUT2D eigenvalue weighted by Gasteiger charge is -2.19. The molecule has 0 saturated heterocycles. The number of rotatable bonds is 9. The van der Waals surface area contributed by atoms with Crippen molar-refractivity contribution >= 4 is 34.8 Å². The molecule has 0 atom stereocenters. The highest BCUT2D eigenvalue weighted by atomic mass is 32.2. The minimum Gasteiger partial charge on any atom is -0.355 e. The number of fused-ring (bicyclic) bond motifs is 1. The number of ketones is 1. The van der Waals surface area contributed by atoms with E-state index in [2.05, 4.69) is 42.6 Å². The first-order valence-electron chi connectivity index (χ1n) is 10.6. The van der Waals surface area contributed by atoms with E-state index >= 15 is 0 Å². The summed E-state index contributed by atoms with van der Waals surface area (Å²) in [5.41, 5.74) is 4.45. The van der Waals surface area contributed by atoms with E-state index in [9.17, 15) is 14.9 Å². The third-order valence-electron chi connectivity index (χ3n) is 5.39. The van der Waals surface area contributed by atoms with Crippen molar-refractivity contribution in [1.29, 1.82) is 5.26 Å². The molecule has 2 aromatic carbocycles. The van der Waals surface area contributed by atoms with Crippen molar-refractivity contribution in [1.82, 2.24) is 5.32 Å². The summed E-state index contributed by atoms with van der Waals surface area (Å²) in [7, 11) is 3.67. The number of carbonyl (C=O) groups is 2. The topological polar surface area (TPSA) is 76.4 Å². The van der Waals surface area contributed by atoms with E-state index in [4.69, 9.17) is 0 Å². The molecule has 1 N–H and O–H groups in total. The van der Waals surface area contributed by atoms with Gasteiger partial charge in [0.05, 0.1) is 11.4 Å². The van der Waals surface area contributed by atoms with Crippen molar-refractivity contribution in [3.05, 3.63) is 71.1 Å². The van der Waals surface area contributed by atoms with Crippen molar-refractivity contribution in [2.45, 2.75) is 25.5 Å². The van der Waals surface area contributed by atoms with Crippen molar-refractivity contribution in [3.8, 4) is 6.07 Å². The summed E-state index contributed by atoms with van der Waals surface area (Å²) in [5, 5.41) is 12.5. The van der Waals surface area contributed by atoms with Crippen LogP contribution in [0.3, 0.4) is 0 Å². The van der Waals surface area contributed by atoms with Crippen molar-refractivity contribution < 1.29 is 9.59 Å². The molecule has 32 heavy (non-hydrogen) atoms. The first-order chi connectivity index (χ1) is 15.4. The Kier molecular flexibility index (Phi) is 7.96. The number of nitrogens with zero attached hydrogens (tertiary/aromatic N) is 3. The summed E-state index contributed by atoms with van der Waals surface area (Å²) >= 11 is 1.76. The Morgan fingerprint density at radius 3 is 2.22 bits per heavy atom. The second kappa shape index (κ2) is 10.9. The molecule has 0 spiro atoms. The van der Waals surface area contributed by atoms with Gasteiger partial charge in [0.1, 0.15) is 17.5 Å². The van der Waals surface area contributed by atoms with Crippen molar-refractivity contribution in [2.75, 3.05) is 36.2 Å². The number of allylic oxidation sites excluding steroid dienone is 1. The van der Waals surface area contributed by atoms with Gasteiger partial charge >= 0.3 is 0 Å². The van der Waals surface area contributed by atoms with Gasteiger partial charge in [-0.3, -0.25) is 9.59 Å². The zero-order valence-electron chi connectivity index (χ0n) is 18.7. The predicted octanol–water partition coefficient (Wildman–Crippen LogP) is 4.02. The van der Waals surface area contributed by atoms with Crippen LogP contribution in [0.4, 0.5) is 11.4 Å². The van der Waals surface area contributed by atoms with Crippen LogP contribution in [0.2, 0.25) is 0 Å². The quantitative estimate of drug-likeness (QED) is 0.355. The highest BCUT2D eigenvalue weighted by Gasteiger charge is 2.31. The summed E-state index contributed by atoms with van der Waals surface area (Å²) in [6.07, 6.45) is 0.0764. The number of nitriles is 1. The van der Waals surface area contributed by atoms with Crippen LogP contribution in [0, 0.1) is 18.3 Å². The highest BCUT2D eigenvalue weighted by Crippen LogP contribution is 2.40. The van der Waals surface area contributed by atoms with Gasteiger partial charge in [0, 0.05) is 45.0 Å². The number of hydrogen-bond acceptors (Lipinski definition) is 6. The number of para-hydroxylation sites is 2. The van der Waals surface area contributed by atoms with Crippen LogP contribution in [0.1, 0.15) is 24.0 Å². The Morgan fingerprint density at radius 1 is 1.00 bits per heavy atom. The normalized spacial score (nSPS) is 12.4. The van der Waals surface area contributed by atoms with Gasteiger partial charge in [0.15, 0.2) is 5.78 Å². The van der Waals surface area contributed by atoms with E-state index in [0.29, 0.717) is 12.4 Å². The van der Waals surface area contributed by atoms with E-state index in [1.807, 2.05) is 48.2 Å². The number of benzene rings is 2. The molecule has 6 nitrogen and oxygen atoms in total. The number of hydrogen-bond donors (Lipinski definition) is 1. The summed E-state index contributed by atoms with van der Waals surface area (Å²) in [5.74, 6) is 1.75. The second-order valence-corrected chi connectivity index (χ2v) is 8.83. The fraction of sp³-hybridized carbons (Fsp3) is 0.320. The van der Waals surface area contributed by atoms with E-state index in [-0.39, 0.29) is 30.1 Å². The Morgan fingerprint density at radius 2 is 1.62 bits per heavy atom. The molecular formula is C25H28N4O2S. The van der Waals surface area contributed by atoms with E-state index in [0.717, 1.165) is 22.9 Å². The van der Waals surface area contributed by atoms with Crippen molar-refractivity contribution in [3.63, 3.8) is 0 Å². The summed E-state index contributed by atoms with van der Waals surface area (Å²) in [6, 6.07) is 18.2. The fourth-order valence-electron chi connectivity index (χ4n) is 3.63. The average Bonchev–Trinajstić information content (AvgIpc) is 3.05. The number of Topliss-reactive ketones (excluding diaryl/α,β-unsaturated/α-hetero) is 1. The van der Waals surface area contributed by atoms with E-state index in [1.165, 1.54) is 11.1 Å². The van der Waals surface area contributed by atoms with Crippen molar-refractivity contribution in [2.24, 2.45) is 0 Å². The summed E-state index contributed by atoms with van der Waals surface area (Å²) in [6.45, 7) is 2.62. The molecule has 0 saturated carbocycles. The number of carbonyl (C=O) groups excluding carboxylic acids is 2. The molecule has 1 aliphatic heterocycles. The molecule has 1 heterocycles. The lowest BCUT2D eigenvalue weighted by atomic mass is 10.1. The fourth-order valence-corrected chi connectivity index (χ4v) is 4.45. The number of nitrogens with one attached hydrogen (secondary N) is 1. The largest absolute Gasteiger partial charge is 0.355 e. The molecule has 0 fully saturated rings. The molecule has 2 aromatic rings. The molecule has 0 aliphatic carbocycles. The molecular weight excluding hydrogens is 420 g/mol. The van der Waals surface area contributed by atoms with E-state index in [1.54, 1.807) is 11.8 Å². The maximum atomic E-state index is 12.7. The molecule has 0 radical (unpaired) electrons. The van der Waals surface area contributed by atoms with Crippen LogP contribution in [-0.4, -0.2) is 38.1 Å². The Bertz CT molecular complexity index is 1030. The van der Waals surface area contributed by atoms with Crippen LogP contribution >= 0.6 is 11.8 Å². The minimum atomic E-state index is -0.321. The standard InChI is InChI=1S/C25H28N4O2S/c1-18-8-10-19(11-9-18)17-32-15-14-27-24(31)13-12-23(30)20(16-26)25-28(2)21-6-4-5-7-22(21)29(25)3/h4-11H,12-15,17H2,1-3H3,(H,27,31). The monoisotopic (exact) mass is 448 g/mol. The second-order valence-electron chi connectivity index (χ2n) is 7.73. The first-order valence-corrected chi connectivity index (χ1v) is 11.7. The SMILES string of the molecule is Cc1ccc(CSCCNC(=O)CCC(=O)C(C#N)=C2N(C)c3ccccc3N2C)cc1. The number of amides is 1. The minimum absolute atomic E-state index is 0.00671. The van der Waals surface area contributed by atoms with Crippen LogP contribution in [0.15, 0.2) is 59.9 Å². The molecule has 1 aliphatic rings. The van der Waals surface area contributed by atoms with Gasteiger partial charge in [-0.15, -0.1) is 0 Å².